The van der Waals surface area contributed by atoms with Crippen LogP contribution in [-0.4, -0.2) is 29.7 Å². The van der Waals surface area contributed by atoms with Crippen molar-refractivity contribution in [3.8, 4) is 0 Å². The monoisotopic (exact) mass is 271 g/mol. The van der Waals surface area contributed by atoms with Crippen LogP contribution in [0.1, 0.15) is 6.92 Å². The van der Waals surface area contributed by atoms with E-state index in [-0.39, 0.29) is 18.0 Å². The number of carbonyl (C=O) groups is 1. The normalized spacial score (nSPS) is 11.6. The molecule has 0 amide bonds. The highest BCUT2D eigenvalue weighted by atomic mass is 19.2. The van der Waals surface area contributed by atoms with E-state index >= 15 is 0 Å². The molecule has 0 atom stereocenters. The van der Waals surface area contributed by atoms with Gasteiger partial charge in [-0.05, 0) is 19.1 Å². The summed E-state index contributed by atoms with van der Waals surface area (Å²) in [6, 6.07) is 2.98. The first-order valence-corrected chi connectivity index (χ1v) is 5.21. The number of nitrogens with zero attached hydrogens (tertiary/aromatic N) is 2. The summed E-state index contributed by atoms with van der Waals surface area (Å²) in [4.78, 5) is 11.3. The topological polar surface area (TPSA) is 83.3 Å². The molecule has 0 saturated heterocycles. The first kappa shape index (κ1) is 14.6. The second kappa shape index (κ2) is 7.04. The van der Waals surface area contributed by atoms with Crippen molar-refractivity contribution in [3.63, 3.8) is 0 Å². The predicted molar refractivity (Wildman–Crippen MR) is 64.3 cm³/mol. The molecule has 102 valence electrons. The van der Waals surface area contributed by atoms with Crippen LogP contribution in [0.3, 0.4) is 0 Å². The number of oxime groups is 1. The van der Waals surface area contributed by atoms with E-state index in [4.69, 9.17) is 5.21 Å². The molecule has 0 saturated carbocycles. The molecule has 0 heterocycles. The van der Waals surface area contributed by atoms with E-state index in [1.54, 1.807) is 6.92 Å². The Kier molecular flexibility index (Phi) is 5.39. The number of hydrogen-bond donors (Lipinski definition) is 2. The molecule has 1 aromatic carbocycles. The fourth-order valence-electron chi connectivity index (χ4n) is 1.08. The number of esters is 1. The van der Waals surface area contributed by atoms with Gasteiger partial charge >= 0.3 is 5.97 Å². The van der Waals surface area contributed by atoms with Gasteiger partial charge in [-0.15, -0.1) is 0 Å². The third-order valence-corrected chi connectivity index (χ3v) is 1.89. The van der Waals surface area contributed by atoms with Gasteiger partial charge in [0.25, 0.3) is 0 Å². The quantitative estimate of drug-likeness (QED) is 0.370. The van der Waals surface area contributed by atoms with Crippen molar-refractivity contribution in [3.05, 3.63) is 29.8 Å². The average molecular weight is 271 g/mol. The maximum absolute atomic E-state index is 12.9. The maximum Gasteiger partial charge on any atom is 0.360 e. The number of hydrazone groups is 1. The molecule has 0 unspecified atom stereocenters. The lowest BCUT2D eigenvalue weighted by molar-refractivity contribution is -0.134. The lowest BCUT2D eigenvalue weighted by Gasteiger charge is -2.03. The van der Waals surface area contributed by atoms with E-state index in [1.807, 2.05) is 0 Å². The largest absolute Gasteiger partial charge is 0.461 e. The Balaban J connectivity index is 2.85. The van der Waals surface area contributed by atoms with Crippen molar-refractivity contribution in [2.45, 2.75) is 6.92 Å². The molecule has 0 aliphatic carbocycles. The molecule has 0 aromatic heterocycles. The van der Waals surface area contributed by atoms with Gasteiger partial charge in [-0.25, -0.2) is 13.6 Å². The van der Waals surface area contributed by atoms with Crippen LogP contribution in [0.4, 0.5) is 14.5 Å². The highest BCUT2D eigenvalue weighted by Gasteiger charge is 2.11. The van der Waals surface area contributed by atoms with Crippen molar-refractivity contribution in [2.24, 2.45) is 10.3 Å². The van der Waals surface area contributed by atoms with Crippen LogP contribution >= 0.6 is 0 Å². The fourth-order valence-corrected chi connectivity index (χ4v) is 1.08. The molecule has 0 radical (unpaired) electrons. The van der Waals surface area contributed by atoms with Gasteiger partial charge in [-0.1, -0.05) is 5.16 Å². The fraction of sp³-hybridized carbons (Fsp3) is 0.182. The minimum absolute atomic E-state index is 0.113. The molecule has 8 heteroatoms. The lowest BCUT2D eigenvalue weighted by atomic mass is 10.3. The van der Waals surface area contributed by atoms with Gasteiger partial charge in [0, 0.05) is 6.07 Å². The lowest BCUT2D eigenvalue weighted by Crippen LogP contribution is -2.20. The SMILES string of the molecule is CCOC(=O)C(C=NO)=NNc1ccc(F)c(F)c1. The zero-order chi connectivity index (χ0) is 14.3. The van der Waals surface area contributed by atoms with Gasteiger partial charge in [-0.2, -0.15) is 5.10 Å². The highest BCUT2D eigenvalue weighted by Crippen LogP contribution is 2.12. The molecule has 2 N–H and O–H groups in total. The zero-order valence-electron chi connectivity index (χ0n) is 9.93. The van der Waals surface area contributed by atoms with Crippen LogP contribution < -0.4 is 5.43 Å². The second-order valence-electron chi connectivity index (χ2n) is 3.20. The number of benzene rings is 1. The summed E-state index contributed by atoms with van der Waals surface area (Å²) in [5.74, 6) is -2.89. The van der Waals surface area contributed by atoms with Gasteiger partial charge < -0.3 is 9.94 Å². The van der Waals surface area contributed by atoms with Crippen molar-refractivity contribution < 1.29 is 23.5 Å². The number of halogens is 2. The van der Waals surface area contributed by atoms with Crippen molar-refractivity contribution in [2.75, 3.05) is 12.0 Å². The molecule has 0 spiro atoms. The number of rotatable bonds is 5. The molecule has 6 nitrogen and oxygen atoms in total. The number of anilines is 1. The summed E-state index contributed by atoms with van der Waals surface area (Å²) >= 11 is 0. The Morgan fingerprint density at radius 3 is 2.79 bits per heavy atom. The number of nitrogens with one attached hydrogen (secondary N) is 1. The van der Waals surface area contributed by atoms with Gasteiger partial charge in [0.1, 0.15) is 6.21 Å². The summed E-state index contributed by atoms with van der Waals surface area (Å²) in [6.07, 6.45) is 0.755. The Bertz CT molecular complexity index is 518. The molecule has 1 aromatic rings. The van der Waals surface area contributed by atoms with Crippen LogP contribution in [0.25, 0.3) is 0 Å². The molecule has 0 aliphatic heterocycles. The van der Waals surface area contributed by atoms with Crippen molar-refractivity contribution >= 4 is 23.6 Å². The van der Waals surface area contributed by atoms with Crippen LogP contribution in [0.2, 0.25) is 0 Å². The van der Waals surface area contributed by atoms with Gasteiger partial charge in [0.2, 0.25) is 0 Å². The first-order chi connectivity index (χ1) is 9.08. The van der Waals surface area contributed by atoms with Gasteiger partial charge in [-0.3, -0.25) is 5.43 Å². The molecule has 0 bridgehead atoms. The summed E-state index contributed by atoms with van der Waals surface area (Å²) in [7, 11) is 0. The van der Waals surface area contributed by atoms with E-state index in [0.29, 0.717) is 0 Å². The Morgan fingerprint density at radius 1 is 1.47 bits per heavy atom. The molecule has 19 heavy (non-hydrogen) atoms. The predicted octanol–water partition coefficient (Wildman–Crippen LogP) is 1.76. The summed E-state index contributed by atoms with van der Waals surface area (Å²) in [6.45, 7) is 1.71. The van der Waals surface area contributed by atoms with Crippen molar-refractivity contribution in [1.82, 2.24) is 0 Å². The third kappa shape index (κ3) is 4.34. The molecule has 1 rings (SSSR count). The summed E-state index contributed by atoms with van der Waals surface area (Å²) in [5.41, 5.74) is 2.11. The second-order valence-corrected chi connectivity index (χ2v) is 3.20. The van der Waals surface area contributed by atoms with E-state index in [0.717, 1.165) is 18.3 Å². The minimum Gasteiger partial charge on any atom is -0.461 e. The average Bonchev–Trinajstić information content (AvgIpc) is 2.38. The Labute approximate surface area is 107 Å². The van der Waals surface area contributed by atoms with Crippen molar-refractivity contribution in [1.29, 1.82) is 0 Å². The number of carbonyl (C=O) groups excluding carboxylic acids is 1. The van der Waals surface area contributed by atoms with Crippen LogP contribution in [0.5, 0.6) is 0 Å². The standard InChI is InChI=1S/C11H11F2N3O3/c1-2-19-11(17)10(6-14-18)16-15-7-3-4-8(12)9(13)5-7/h3-6,15,18H,2H2,1H3. The van der Waals surface area contributed by atoms with Gasteiger partial charge in [0.15, 0.2) is 17.3 Å². The number of hydrogen-bond acceptors (Lipinski definition) is 6. The maximum atomic E-state index is 12.9. The van der Waals surface area contributed by atoms with Crippen LogP contribution in [0, 0.1) is 11.6 Å². The molecular formula is C11H11F2N3O3. The Morgan fingerprint density at radius 2 is 2.21 bits per heavy atom. The van der Waals surface area contributed by atoms with E-state index < -0.39 is 17.6 Å². The first-order valence-electron chi connectivity index (χ1n) is 5.21. The van der Waals surface area contributed by atoms with E-state index in [2.05, 4.69) is 20.4 Å². The molecule has 0 fully saturated rings. The summed E-state index contributed by atoms with van der Waals surface area (Å²) in [5, 5.41) is 14.6. The van der Waals surface area contributed by atoms with Crippen LogP contribution in [0.15, 0.2) is 28.5 Å². The summed E-state index contributed by atoms with van der Waals surface area (Å²) < 4.78 is 30.2. The number of ether oxygens (including phenoxy) is 1. The van der Waals surface area contributed by atoms with Gasteiger partial charge in [0.05, 0.1) is 12.3 Å². The van der Waals surface area contributed by atoms with Crippen LogP contribution in [-0.2, 0) is 9.53 Å². The molecular weight excluding hydrogens is 260 g/mol. The van der Waals surface area contributed by atoms with E-state index in [9.17, 15) is 13.6 Å². The highest BCUT2D eigenvalue weighted by molar-refractivity contribution is 6.59. The minimum atomic E-state index is -1.06. The van der Waals surface area contributed by atoms with E-state index in [1.165, 1.54) is 6.07 Å². The smallest absolute Gasteiger partial charge is 0.360 e. The molecule has 0 aliphatic rings. The Hall–Kier alpha value is -2.51. The zero-order valence-corrected chi connectivity index (χ0v) is 9.93. The third-order valence-electron chi connectivity index (χ3n) is 1.89.